The highest BCUT2D eigenvalue weighted by molar-refractivity contribution is 5.85. The van der Waals surface area contributed by atoms with Crippen LogP contribution >= 0.6 is 12.4 Å². The fraction of sp³-hybridized carbons (Fsp3) is 0.625. The number of likely N-dealkylation sites (N-methyl/N-ethyl adjacent to an activating group) is 1. The molecule has 2 rings (SSSR count). The lowest BCUT2D eigenvalue weighted by atomic mass is 10.1. The number of nitrogens with zero attached hydrogens (tertiary/aromatic N) is 1. The molecule has 1 saturated heterocycles. The van der Waals surface area contributed by atoms with E-state index in [0.717, 1.165) is 31.9 Å². The molecule has 4 heteroatoms. The van der Waals surface area contributed by atoms with Gasteiger partial charge in [-0.1, -0.05) is 19.1 Å². The zero-order valence-electron chi connectivity index (χ0n) is 12.6. The number of likely N-dealkylation sites (tertiary alicyclic amines) is 1. The highest BCUT2D eigenvalue weighted by Gasteiger charge is 2.17. The Morgan fingerprint density at radius 3 is 3.00 bits per heavy atom. The van der Waals surface area contributed by atoms with E-state index in [1.807, 2.05) is 6.07 Å². The number of benzene rings is 1. The lowest BCUT2D eigenvalue weighted by Crippen LogP contribution is -2.45. The molecule has 0 radical (unpaired) electrons. The van der Waals surface area contributed by atoms with Gasteiger partial charge in [0, 0.05) is 19.1 Å². The Bertz CT molecular complexity index is 386. The van der Waals surface area contributed by atoms with Crippen LogP contribution in [0.25, 0.3) is 0 Å². The van der Waals surface area contributed by atoms with E-state index in [2.05, 4.69) is 42.4 Å². The van der Waals surface area contributed by atoms with Crippen molar-refractivity contribution in [2.24, 2.45) is 0 Å². The largest absolute Gasteiger partial charge is 0.492 e. The van der Waals surface area contributed by atoms with E-state index in [9.17, 15) is 0 Å². The normalized spacial score (nSPS) is 19.4. The summed E-state index contributed by atoms with van der Waals surface area (Å²) in [7, 11) is 2.06. The second kappa shape index (κ2) is 9.22. The summed E-state index contributed by atoms with van der Waals surface area (Å²) in [4.78, 5) is 2.49. The first kappa shape index (κ1) is 17.3. The quantitative estimate of drug-likeness (QED) is 0.874. The maximum atomic E-state index is 5.86. The van der Waals surface area contributed by atoms with Crippen LogP contribution in [-0.4, -0.2) is 44.2 Å². The number of halogens is 1. The van der Waals surface area contributed by atoms with Gasteiger partial charge in [0.2, 0.25) is 0 Å². The maximum absolute atomic E-state index is 5.86. The lowest BCUT2D eigenvalue weighted by molar-refractivity contribution is 0.162. The van der Waals surface area contributed by atoms with Crippen LogP contribution in [0.2, 0.25) is 0 Å². The predicted molar refractivity (Wildman–Crippen MR) is 87.1 cm³/mol. The average Bonchev–Trinajstić information content (AvgIpc) is 2.48. The van der Waals surface area contributed by atoms with Crippen LogP contribution in [0.5, 0.6) is 5.75 Å². The van der Waals surface area contributed by atoms with Crippen molar-refractivity contribution >= 4 is 12.4 Å². The summed E-state index contributed by atoms with van der Waals surface area (Å²) in [6.45, 7) is 6.33. The van der Waals surface area contributed by atoms with Crippen LogP contribution in [0.15, 0.2) is 24.3 Å². The summed E-state index contributed by atoms with van der Waals surface area (Å²) < 4.78 is 5.86. The van der Waals surface area contributed by atoms with E-state index in [4.69, 9.17) is 4.74 Å². The number of piperidine rings is 1. The topological polar surface area (TPSA) is 24.5 Å². The standard InChI is InChI=1S/C16H26N2O.ClH/c1-3-14-6-4-8-16(12-14)19-11-10-18-9-5-7-15(13-18)17-2;/h4,6,8,12,15,17H,3,5,7,9-11,13H2,1-2H3;1H. The summed E-state index contributed by atoms with van der Waals surface area (Å²) >= 11 is 0. The van der Waals surface area contributed by atoms with Gasteiger partial charge in [-0.05, 0) is 50.6 Å². The Morgan fingerprint density at radius 2 is 2.25 bits per heavy atom. The van der Waals surface area contributed by atoms with Crippen molar-refractivity contribution in [3.63, 3.8) is 0 Å². The highest BCUT2D eigenvalue weighted by Crippen LogP contribution is 2.14. The molecule has 3 nitrogen and oxygen atoms in total. The minimum Gasteiger partial charge on any atom is -0.492 e. The third kappa shape index (κ3) is 5.31. The second-order valence-corrected chi connectivity index (χ2v) is 5.28. The van der Waals surface area contributed by atoms with Crippen LogP contribution in [0, 0.1) is 0 Å². The SMILES string of the molecule is CCc1cccc(OCCN2CCCC(NC)C2)c1.Cl. The molecule has 1 N–H and O–H groups in total. The Labute approximate surface area is 129 Å². The third-order valence-corrected chi connectivity index (χ3v) is 3.90. The van der Waals surface area contributed by atoms with Gasteiger partial charge in [-0.3, -0.25) is 4.90 Å². The number of hydrogen-bond donors (Lipinski definition) is 1. The molecule has 1 aromatic rings. The van der Waals surface area contributed by atoms with Gasteiger partial charge in [0.05, 0.1) is 0 Å². The molecule has 20 heavy (non-hydrogen) atoms. The molecule has 0 aliphatic carbocycles. The Morgan fingerprint density at radius 1 is 1.40 bits per heavy atom. The van der Waals surface area contributed by atoms with Crippen LogP contribution in [0.1, 0.15) is 25.3 Å². The molecule has 114 valence electrons. The van der Waals surface area contributed by atoms with Gasteiger partial charge >= 0.3 is 0 Å². The lowest BCUT2D eigenvalue weighted by Gasteiger charge is -2.32. The molecular weight excluding hydrogens is 272 g/mol. The van der Waals surface area contributed by atoms with Crippen molar-refractivity contribution in [3.05, 3.63) is 29.8 Å². The number of nitrogens with one attached hydrogen (secondary N) is 1. The smallest absolute Gasteiger partial charge is 0.119 e. The van der Waals surface area contributed by atoms with Crippen LogP contribution < -0.4 is 10.1 Å². The van der Waals surface area contributed by atoms with Crippen molar-refractivity contribution in [2.45, 2.75) is 32.2 Å². The molecule has 1 fully saturated rings. The highest BCUT2D eigenvalue weighted by atomic mass is 35.5. The zero-order valence-corrected chi connectivity index (χ0v) is 13.4. The molecule has 1 aromatic carbocycles. The van der Waals surface area contributed by atoms with E-state index in [-0.39, 0.29) is 12.4 Å². The fourth-order valence-electron chi connectivity index (χ4n) is 2.64. The average molecular weight is 299 g/mol. The van der Waals surface area contributed by atoms with Crippen molar-refractivity contribution in [2.75, 3.05) is 33.3 Å². The molecule has 1 aliphatic rings. The van der Waals surface area contributed by atoms with E-state index in [0.29, 0.717) is 6.04 Å². The third-order valence-electron chi connectivity index (χ3n) is 3.90. The van der Waals surface area contributed by atoms with Gasteiger partial charge in [0.1, 0.15) is 12.4 Å². The van der Waals surface area contributed by atoms with E-state index in [1.54, 1.807) is 0 Å². The minimum absolute atomic E-state index is 0. The molecule has 0 spiro atoms. The van der Waals surface area contributed by atoms with Crippen LogP contribution in [0.4, 0.5) is 0 Å². The van der Waals surface area contributed by atoms with Gasteiger partial charge in [-0.25, -0.2) is 0 Å². The Hall–Kier alpha value is -0.770. The Balaban J connectivity index is 0.00000200. The molecule has 0 aromatic heterocycles. The summed E-state index contributed by atoms with van der Waals surface area (Å²) in [6, 6.07) is 9.07. The van der Waals surface area contributed by atoms with Gasteiger partial charge in [0.25, 0.3) is 0 Å². The number of ether oxygens (including phenoxy) is 1. The molecule has 1 unspecified atom stereocenters. The monoisotopic (exact) mass is 298 g/mol. The number of rotatable bonds is 6. The summed E-state index contributed by atoms with van der Waals surface area (Å²) in [5, 5.41) is 3.37. The Kier molecular flexibility index (Phi) is 7.97. The van der Waals surface area contributed by atoms with Gasteiger partial charge in [-0.2, -0.15) is 0 Å². The molecule has 0 saturated carbocycles. The van der Waals surface area contributed by atoms with Crippen LogP contribution in [-0.2, 0) is 6.42 Å². The molecular formula is C16H27ClN2O. The summed E-state index contributed by atoms with van der Waals surface area (Å²) in [5.41, 5.74) is 1.34. The van der Waals surface area contributed by atoms with E-state index >= 15 is 0 Å². The molecule has 1 aliphatic heterocycles. The summed E-state index contributed by atoms with van der Waals surface area (Å²) in [6.07, 6.45) is 3.65. The molecule has 0 amide bonds. The van der Waals surface area contributed by atoms with Gasteiger partial charge < -0.3 is 10.1 Å². The first-order chi connectivity index (χ1) is 9.31. The molecule has 1 atom stereocenters. The number of aryl methyl sites for hydroxylation is 1. The van der Waals surface area contributed by atoms with Crippen molar-refractivity contribution in [1.82, 2.24) is 10.2 Å². The minimum atomic E-state index is 0. The number of hydrogen-bond acceptors (Lipinski definition) is 3. The van der Waals surface area contributed by atoms with E-state index < -0.39 is 0 Å². The fourth-order valence-corrected chi connectivity index (χ4v) is 2.64. The van der Waals surface area contributed by atoms with Gasteiger partial charge in [-0.15, -0.1) is 12.4 Å². The first-order valence-corrected chi connectivity index (χ1v) is 7.43. The van der Waals surface area contributed by atoms with E-state index in [1.165, 1.54) is 24.9 Å². The first-order valence-electron chi connectivity index (χ1n) is 7.43. The van der Waals surface area contributed by atoms with Crippen LogP contribution in [0.3, 0.4) is 0 Å². The second-order valence-electron chi connectivity index (χ2n) is 5.28. The van der Waals surface area contributed by atoms with Crippen molar-refractivity contribution < 1.29 is 4.74 Å². The van der Waals surface area contributed by atoms with Crippen molar-refractivity contribution in [3.8, 4) is 5.75 Å². The summed E-state index contributed by atoms with van der Waals surface area (Å²) in [5.74, 6) is 1.00. The zero-order chi connectivity index (χ0) is 13.5. The predicted octanol–water partition coefficient (Wildman–Crippen LogP) is 2.73. The van der Waals surface area contributed by atoms with Gasteiger partial charge in [0.15, 0.2) is 0 Å². The van der Waals surface area contributed by atoms with Crippen molar-refractivity contribution in [1.29, 1.82) is 0 Å². The molecule has 1 heterocycles. The molecule has 0 bridgehead atoms. The maximum Gasteiger partial charge on any atom is 0.119 e.